The van der Waals surface area contributed by atoms with Crippen LogP contribution in [-0.2, 0) is 15.1 Å². The second-order valence-electron chi connectivity index (χ2n) is 10.5. The second-order valence-corrected chi connectivity index (χ2v) is 11.6. The highest BCUT2D eigenvalue weighted by atomic mass is 32.2. The molecular weight excluding hydrogens is 500 g/mol. The lowest BCUT2D eigenvalue weighted by atomic mass is 9.98. The highest BCUT2D eigenvalue weighted by Gasteiger charge is 2.40. The van der Waals surface area contributed by atoms with Crippen LogP contribution in [0.1, 0.15) is 51.0 Å². The monoisotopic (exact) mass is 536 g/mol. The molecule has 1 aromatic heterocycles. The molecule has 0 bridgehead atoms. The summed E-state index contributed by atoms with van der Waals surface area (Å²) in [6.07, 6.45) is 0. The van der Waals surface area contributed by atoms with Gasteiger partial charge in [-0.05, 0) is 52.8 Å². The van der Waals surface area contributed by atoms with Crippen LogP contribution >= 0.6 is 11.8 Å². The fourth-order valence-electron chi connectivity index (χ4n) is 4.60. The van der Waals surface area contributed by atoms with Crippen molar-refractivity contribution in [3.8, 4) is 22.8 Å². The van der Waals surface area contributed by atoms with E-state index in [1.54, 1.807) is 19.1 Å². The maximum Gasteiger partial charge on any atom is 0.240 e. The molecule has 0 aliphatic carbocycles. The molecule has 1 atom stereocenters. The van der Waals surface area contributed by atoms with Crippen LogP contribution < -0.4 is 19.7 Å². The first-order valence-electron chi connectivity index (χ1n) is 12.7. The molecule has 3 aromatic rings. The Morgan fingerprint density at radius 2 is 1.84 bits per heavy atom. The molecule has 0 spiro atoms. The van der Waals surface area contributed by atoms with Gasteiger partial charge in [-0.2, -0.15) is 5.10 Å². The van der Waals surface area contributed by atoms with Crippen molar-refractivity contribution in [3.05, 3.63) is 59.7 Å². The van der Waals surface area contributed by atoms with E-state index in [4.69, 9.17) is 14.6 Å². The molecule has 0 saturated carbocycles. The minimum absolute atomic E-state index is 0.0420. The van der Waals surface area contributed by atoms with Crippen LogP contribution in [0.4, 0.5) is 5.82 Å². The standard InChI is InChI=1S/C29H36N4O4S/c1-18(2)30-23(34)16-32-24(35)17-38-27(21-15-20(36-6)13-14-22(21)37-7)25-26(19-11-9-8-10-12-19)31-33(28(25)32)29(3,4)5/h8-15,18,27H,16-17H2,1-7H3,(H,30,34). The molecule has 1 N–H and O–H groups in total. The number of thioether (sulfide) groups is 1. The van der Waals surface area contributed by atoms with Crippen LogP contribution in [-0.4, -0.2) is 54.2 Å². The van der Waals surface area contributed by atoms with Crippen molar-refractivity contribution >= 4 is 29.4 Å². The Labute approximate surface area is 228 Å². The molecule has 2 aromatic carbocycles. The van der Waals surface area contributed by atoms with E-state index in [2.05, 4.69) is 5.32 Å². The van der Waals surface area contributed by atoms with Gasteiger partial charge in [0.05, 0.1) is 36.5 Å². The van der Waals surface area contributed by atoms with Crippen molar-refractivity contribution in [2.45, 2.75) is 51.4 Å². The number of carbonyl (C=O) groups is 2. The lowest BCUT2D eigenvalue weighted by molar-refractivity contribution is -0.123. The molecular formula is C29H36N4O4S. The predicted octanol–water partition coefficient (Wildman–Crippen LogP) is 5.02. The van der Waals surface area contributed by atoms with Crippen LogP contribution in [0, 0.1) is 0 Å². The number of carbonyl (C=O) groups excluding carboxylic acids is 2. The zero-order valence-corrected chi connectivity index (χ0v) is 23.9. The number of hydrogen-bond donors (Lipinski definition) is 1. The Hall–Kier alpha value is -3.46. The van der Waals surface area contributed by atoms with Crippen molar-refractivity contribution in [2.75, 3.05) is 31.4 Å². The summed E-state index contributed by atoms with van der Waals surface area (Å²) in [5, 5.41) is 7.73. The molecule has 0 radical (unpaired) electrons. The van der Waals surface area contributed by atoms with Crippen LogP contribution in [0.15, 0.2) is 48.5 Å². The van der Waals surface area contributed by atoms with Gasteiger partial charge in [0.15, 0.2) is 0 Å². The van der Waals surface area contributed by atoms with Gasteiger partial charge in [0, 0.05) is 22.7 Å². The van der Waals surface area contributed by atoms with Crippen molar-refractivity contribution in [1.82, 2.24) is 15.1 Å². The lowest BCUT2D eigenvalue weighted by Crippen LogP contribution is -2.45. The fraction of sp³-hybridized carbons (Fsp3) is 0.414. The van der Waals surface area contributed by atoms with Crippen molar-refractivity contribution in [2.24, 2.45) is 0 Å². The summed E-state index contributed by atoms with van der Waals surface area (Å²) in [7, 11) is 3.26. The molecule has 8 nitrogen and oxygen atoms in total. The second kappa shape index (κ2) is 11.1. The number of methoxy groups -OCH3 is 2. The summed E-state index contributed by atoms with van der Waals surface area (Å²) in [6.45, 7) is 9.85. The van der Waals surface area contributed by atoms with Gasteiger partial charge in [-0.1, -0.05) is 30.3 Å². The van der Waals surface area contributed by atoms with Gasteiger partial charge in [0.25, 0.3) is 0 Å². The van der Waals surface area contributed by atoms with Crippen molar-refractivity contribution in [1.29, 1.82) is 0 Å². The number of amides is 2. The number of aromatic nitrogens is 2. The molecule has 2 amide bonds. The van der Waals surface area contributed by atoms with Crippen LogP contribution in [0.25, 0.3) is 11.3 Å². The Balaban J connectivity index is 2.04. The molecule has 0 fully saturated rings. The first kappa shape index (κ1) is 27.6. The smallest absolute Gasteiger partial charge is 0.240 e. The van der Waals surface area contributed by atoms with E-state index in [9.17, 15) is 9.59 Å². The minimum atomic E-state index is -0.470. The summed E-state index contributed by atoms with van der Waals surface area (Å²) in [5.74, 6) is 1.83. The molecule has 1 unspecified atom stereocenters. The number of ether oxygens (including phenoxy) is 2. The Kier molecular flexibility index (Phi) is 8.06. The number of fused-ring (bicyclic) bond motifs is 1. The van der Waals surface area contributed by atoms with E-state index in [-0.39, 0.29) is 35.4 Å². The molecule has 1 aliphatic heterocycles. The topological polar surface area (TPSA) is 85.7 Å². The van der Waals surface area contributed by atoms with Crippen molar-refractivity contribution < 1.29 is 19.1 Å². The average molecular weight is 537 g/mol. The van der Waals surface area contributed by atoms with Gasteiger partial charge in [0.2, 0.25) is 11.8 Å². The van der Waals surface area contributed by atoms with Gasteiger partial charge in [-0.25, -0.2) is 4.68 Å². The molecule has 0 saturated heterocycles. The number of hydrogen-bond acceptors (Lipinski definition) is 6. The summed E-state index contributed by atoms with van der Waals surface area (Å²) < 4.78 is 13.2. The largest absolute Gasteiger partial charge is 0.497 e. The van der Waals surface area contributed by atoms with Gasteiger partial charge in [-0.15, -0.1) is 11.8 Å². The average Bonchev–Trinajstić information content (AvgIpc) is 3.22. The third-order valence-corrected chi connectivity index (χ3v) is 7.48. The Bertz CT molecular complexity index is 1310. The number of rotatable bonds is 7. The molecule has 202 valence electrons. The summed E-state index contributed by atoms with van der Waals surface area (Å²) in [5.41, 5.74) is 2.97. The molecule has 9 heteroatoms. The SMILES string of the molecule is COc1ccc(OC)c(C2SCC(=O)N(CC(=O)NC(C)C)c3c2c(-c2ccccc2)nn3C(C)(C)C)c1. The summed E-state index contributed by atoms with van der Waals surface area (Å²) in [4.78, 5) is 28.3. The highest BCUT2D eigenvalue weighted by molar-refractivity contribution is 8.00. The van der Waals surface area contributed by atoms with E-state index < -0.39 is 5.54 Å². The maximum atomic E-state index is 13.7. The predicted molar refractivity (Wildman–Crippen MR) is 152 cm³/mol. The fourth-order valence-corrected chi connectivity index (χ4v) is 5.81. The minimum Gasteiger partial charge on any atom is -0.497 e. The zero-order chi connectivity index (χ0) is 27.6. The number of anilines is 1. The van der Waals surface area contributed by atoms with E-state index in [0.717, 1.165) is 22.4 Å². The summed E-state index contributed by atoms with van der Waals surface area (Å²) in [6, 6.07) is 15.6. The normalized spacial score (nSPS) is 15.7. The first-order chi connectivity index (χ1) is 18.0. The Morgan fingerprint density at radius 1 is 1.13 bits per heavy atom. The number of nitrogens with zero attached hydrogens (tertiary/aromatic N) is 3. The maximum absolute atomic E-state index is 13.7. The number of benzene rings is 2. The third kappa shape index (κ3) is 5.53. The van der Waals surface area contributed by atoms with Gasteiger partial charge < -0.3 is 14.8 Å². The zero-order valence-electron chi connectivity index (χ0n) is 23.1. The van der Waals surface area contributed by atoms with E-state index >= 15 is 0 Å². The third-order valence-electron chi connectivity index (χ3n) is 6.24. The Morgan fingerprint density at radius 3 is 2.45 bits per heavy atom. The summed E-state index contributed by atoms with van der Waals surface area (Å²) >= 11 is 1.50. The van der Waals surface area contributed by atoms with Gasteiger partial charge in [0.1, 0.15) is 23.9 Å². The van der Waals surface area contributed by atoms with Crippen LogP contribution in [0.5, 0.6) is 11.5 Å². The first-order valence-corrected chi connectivity index (χ1v) is 13.7. The highest BCUT2D eigenvalue weighted by Crippen LogP contribution is 2.51. The van der Waals surface area contributed by atoms with Crippen molar-refractivity contribution in [3.63, 3.8) is 0 Å². The molecule has 4 rings (SSSR count). The van der Waals surface area contributed by atoms with Gasteiger partial charge in [-0.3, -0.25) is 14.5 Å². The quantitative estimate of drug-likeness (QED) is 0.457. The van der Waals surface area contributed by atoms with E-state index in [0.29, 0.717) is 17.3 Å². The number of nitrogens with one attached hydrogen (secondary N) is 1. The molecule has 2 heterocycles. The van der Waals surface area contributed by atoms with Crippen LogP contribution in [0.2, 0.25) is 0 Å². The molecule has 38 heavy (non-hydrogen) atoms. The molecule has 1 aliphatic rings. The lowest BCUT2D eigenvalue weighted by Gasteiger charge is -2.29. The van der Waals surface area contributed by atoms with E-state index in [1.807, 2.05) is 87.8 Å². The van der Waals surface area contributed by atoms with E-state index in [1.165, 1.54) is 11.8 Å². The van der Waals surface area contributed by atoms with Gasteiger partial charge >= 0.3 is 0 Å². The van der Waals surface area contributed by atoms with Crippen LogP contribution in [0.3, 0.4) is 0 Å².